The van der Waals surface area contributed by atoms with Crippen molar-refractivity contribution in [2.45, 2.75) is 37.5 Å². The smallest absolute Gasteiger partial charge is 0.231 e. The molecule has 2 aromatic rings. The van der Waals surface area contributed by atoms with Gasteiger partial charge in [0.1, 0.15) is 11.1 Å². The minimum absolute atomic E-state index is 0.0561. The van der Waals surface area contributed by atoms with E-state index in [2.05, 4.69) is 24.9 Å². The van der Waals surface area contributed by atoms with Crippen molar-refractivity contribution in [1.82, 2.24) is 4.98 Å². The Balaban J connectivity index is 1.63. The maximum atomic E-state index is 12.4. The molecule has 138 valence electrons. The molecule has 0 N–H and O–H groups in total. The summed E-state index contributed by atoms with van der Waals surface area (Å²) in [5.41, 5.74) is 2.54. The summed E-state index contributed by atoms with van der Waals surface area (Å²) in [4.78, 5) is 17.1. The molecule has 1 aromatic heterocycles. The highest BCUT2D eigenvalue weighted by molar-refractivity contribution is 7.98. The number of ether oxygens (including phenoxy) is 2. The summed E-state index contributed by atoms with van der Waals surface area (Å²) in [6, 6.07) is 7.45. The lowest BCUT2D eigenvalue weighted by molar-refractivity contribution is 0.0909. The molecule has 0 saturated carbocycles. The average Bonchev–Trinajstić information content (AvgIpc) is 3.05. The fourth-order valence-electron chi connectivity index (χ4n) is 3.36. The molecular formula is C20H17ClN2O3S. The first-order valence-electron chi connectivity index (χ1n) is 8.54. The van der Waals surface area contributed by atoms with E-state index in [1.165, 1.54) is 11.8 Å². The van der Waals surface area contributed by atoms with Crippen LogP contribution in [0.3, 0.4) is 0 Å². The zero-order chi connectivity index (χ0) is 19.2. The molecule has 1 aromatic carbocycles. The van der Waals surface area contributed by atoms with Crippen LogP contribution in [0.25, 0.3) is 0 Å². The number of carbonyl (C=O) groups excluding carboxylic acids is 1. The summed E-state index contributed by atoms with van der Waals surface area (Å²) in [5.74, 6) is 1.90. The number of nitriles is 1. The number of nitrogens with zero attached hydrogens (tertiary/aromatic N) is 2. The van der Waals surface area contributed by atoms with Gasteiger partial charge in [0.25, 0.3) is 0 Å². The van der Waals surface area contributed by atoms with Crippen molar-refractivity contribution >= 4 is 29.1 Å². The summed E-state index contributed by atoms with van der Waals surface area (Å²) >= 11 is 7.77. The molecular weight excluding hydrogens is 384 g/mol. The van der Waals surface area contributed by atoms with Crippen LogP contribution in [0, 0.1) is 16.7 Å². The SMILES string of the molecule is CC1(C)CC(=O)c2cc(C#N)c(SCc3cc4c(cc3Cl)OCO4)nc2C1. The van der Waals surface area contributed by atoms with Crippen molar-refractivity contribution in [3.05, 3.63) is 45.6 Å². The molecule has 0 saturated heterocycles. The fourth-order valence-corrected chi connectivity index (χ4v) is 4.63. The van der Waals surface area contributed by atoms with Crippen LogP contribution in [0.4, 0.5) is 0 Å². The molecule has 0 radical (unpaired) electrons. The monoisotopic (exact) mass is 400 g/mol. The summed E-state index contributed by atoms with van der Waals surface area (Å²) in [6.07, 6.45) is 1.20. The van der Waals surface area contributed by atoms with E-state index in [4.69, 9.17) is 21.1 Å². The second-order valence-corrected chi connectivity index (χ2v) is 8.84. The van der Waals surface area contributed by atoms with Crippen LogP contribution in [-0.2, 0) is 12.2 Å². The van der Waals surface area contributed by atoms with Crippen LogP contribution in [0.5, 0.6) is 11.5 Å². The number of pyridine rings is 1. The molecule has 0 spiro atoms. The third kappa shape index (κ3) is 3.50. The number of thioether (sulfide) groups is 1. The Morgan fingerprint density at radius 3 is 2.74 bits per heavy atom. The van der Waals surface area contributed by atoms with Crippen molar-refractivity contribution in [1.29, 1.82) is 5.26 Å². The van der Waals surface area contributed by atoms with Gasteiger partial charge in [-0.15, -0.1) is 11.8 Å². The number of hydrogen-bond acceptors (Lipinski definition) is 6. The number of halogens is 1. The highest BCUT2D eigenvalue weighted by Crippen LogP contribution is 2.40. The topological polar surface area (TPSA) is 72.2 Å². The highest BCUT2D eigenvalue weighted by atomic mass is 35.5. The van der Waals surface area contributed by atoms with Crippen LogP contribution in [0.2, 0.25) is 5.02 Å². The number of benzene rings is 1. The van der Waals surface area contributed by atoms with Crippen molar-refractivity contribution in [3.8, 4) is 17.6 Å². The van der Waals surface area contributed by atoms with Crippen LogP contribution in [-0.4, -0.2) is 17.6 Å². The van der Waals surface area contributed by atoms with Gasteiger partial charge in [-0.3, -0.25) is 4.79 Å². The lowest BCUT2D eigenvalue weighted by atomic mass is 9.75. The Labute approximate surface area is 166 Å². The van der Waals surface area contributed by atoms with E-state index in [0.29, 0.717) is 44.8 Å². The zero-order valence-electron chi connectivity index (χ0n) is 15.0. The van der Waals surface area contributed by atoms with Gasteiger partial charge < -0.3 is 9.47 Å². The second kappa shape index (κ2) is 6.74. The van der Waals surface area contributed by atoms with E-state index in [1.807, 2.05) is 6.07 Å². The largest absolute Gasteiger partial charge is 0.454 e. The van der Waals surface area contributed by atoms with E-state index in [1.54, 1.807) is 12.1 Å². The standard InChI is InChI=1S/C20H17ClN2O3S/c1-20(2)6-15-13(16(24)7-20)3-11(8-22)19(23-15)27-9-12-4-17-18(5-14(12)21)26-10-25-17/h3-5H,6-7,9-10H2,1-2H3. The molecule has 0 unspecified atom stereocenters. The van der Waals surface area contributed by atoms with Crippen molar-refractivity contribution in [2.75, 3.05) is 6.79 Å². The van der Waals surface area contributed by atoms with E-state index in [9.17, 15) is 10.1 Å². The first-order valence-corrected chi connectivity index (χ1v) is 9.91. The summed E-state index contributed by atoms with van der Waals surface area (Å²) < 4.78 is 10.7. The van der Waals surface area contributed by atoms with Gasteiger partial charge in [-0.25, -0.2) is 4.98 Å². The molecule has 5 nitrogen and oxygen atoms in total. The summed E-state index contributed by atoms with van der Waals surface area (Å²) in [5, 5.41) is 10.7. The number of Topliss-reactive ketones (excluding diaryl/α,β-unsaturated/α-hetero) is 1. The van der Waals surface area contributed by atoms with Crippen molar-refractivity contribution in [2.24, 2.45) is 5.41 Å². The third-order valence-corrected chi connectivity index (χ3v) is 6.07. The Morgan fingerprint density at radius 1 is 1.26 bits per heavy atom. The quantitative estimate of drug-likeness (QED) is 0.690. The number of ketones is 1. The van der Waals surface area contributed by atoms with Gasteiger partial charge >= 0.3 is 0 Å². The molecule has 0 atom stereocenters. The first kappa shape index (κ1) is 18.1. The summed E-state index contributed by atoms with van der Waals surface area (Å²) in [7, 11) is 0. The molecule has 7 heteroatoms. The lowest BCUT2D eigenvalue weighted by Gasteiger charge is -2.29. The van der Waals surface area contributed by atoms with Crippen molar-refractivity contribution in [3.63, 3.8) is 0 Å². The van der Waals surface area contributed by atoms with Crippen molar-refractivity contribution < 1.29 is 14.3 Å². The van der Waals surface area contributed by atoms with Crippen LogP contribution in [0.1, 0.15) is 47.4 Å². The minimum Gasteiger partial charge on any atom is -0.454 e. The van der Waals surface area contributed by atoms with Crippen LogP contribution in [0.15, 0.2) is 23.2 Å². The molecule has 4 rings (SSSR count). The molecule has 27 heavy (non-hydrogen) atoms. The normalized spacial score (nSPS) is 16.7. The lowest BCUT2D eigenvalue weighted by Crippen LogP contribution is -2.28. The molecule has 0 amide bonds. The van der Waals surface area contributed by atoms with E-state index < -0.39 is 0 Å². The van der Waals surface area contributed by atoms with Gasteiger partial charge in [0.2, 0.25) is 6.79 Å². The maximum Gasteiger partial charge on any atom is 0.231 e. The van der Waals surface area contributed by atoms with E-state index in [0.717, 1.165) is 17.7 Å². The predicted molar refractivity (Wildman–Crippen MR) is 103 cm³/mol. The number of aromatic nitrogens is 1. The Morgan fingerprint density at radius 2 is 2.00 bits per heavy atom. The van der Waals surface area contributed by atoms with Gasteiger partial charge in [-0.05, 0) is 29.5 Å². The maximum absolute atomic E-state index is 12.4. The molecule has 1 aliphatic heterocycles. The van der Waals surface area contributed by atoms with E-state index >= 15 is 0 Å². The Kier molecular flexibility index (Phi) is 4.53. The number of fused-ring (bicyclic) bond motifs is 2. The van der Waals surface area contributed by atoms with Gasteiger partial charge in [0.15, 0.2) is 17.3 Å². The molecule has 2 aliphatic rings. The molecule has 0 fully saturated rings. The average molecular weight is 401 g/mol. The molecule has 2 heterocycles. The van der Waals surface area contributed by atoms with Gasteiger partial charge in [-0.2, -0.15) is 5.26 Å². The van der Waals surface area contributed by atoms with Gasteiger partial charge in [0.05, 0.1) is 11.3 Å². The van der Waals surface area contributed by atoms with Gasteiger partial charge in [0, 0.05) is 28.8 Å². The highest BCUT2D eigenvalue weighted by Gasteiger charge is 2.33. The fraction of sp³-hybridized carbons (Fsp3) is 0.350. The number of hydrogen-bond donors (Lipinski definition) is 0. The van der Waals surface area contributed by atoms with Gasteiger partial charge in [-0.1, -0.05) is 25.4 Å². The van der Waals surface area contributed by atoms with E-state index in [-0.39, 0.29) is 18.0 Å². The molecule has 0 bridgehead atoms. The Hall–Kier alpha value is -2.23. The second-order valence-electron chi connectivity index (χ2n) is 7.47. The zero-order valence-corrected chi connectivity index (χ0v) is 16.5. The Bertz CT molecular complexity index is 998. The number of rotatable bonds is 3. The first-order chi connectivity index (χ1) is 12.9. The third-order valence-electron chi connectivity index (χ3n) is 4.68. The predicted octanol–water partition coefficient (Wildman–Crippen LogP) is 4.78. The number of carbonyl (C=O) groups is 1. The van der Waals surface area contributed by atoms with Crippen LogP contribution >= 0.6 is 23.4 Å². The van der Waals surface area contributed by atoms with Crippen LogP contribution < -0.4 is 9.47 Å². The summed E-state index contributed by atoms with van der Waals surface area (Å²) in [6.45, 7) is 4.32. The minimum atomic E-state index is -0.117. The molecule has 1 aliphatic carbocycles.